The first-order valence-electron chi connectivity index (χ1n) is 12.3. The van der Waals surface area contributed by atoms with Crippen LogP contribution in [-0.4, -0.2) is 79.7 Å². The van der Waals surface area contributed by atoms with E-state index in [1.807, 2.05) is 0 Å². The van der Waals surface area contributed by atoms with Crippen molar-refractivity contribution in [3.8, 4) is 5.75 Å². The highest BCUT2D eigenvalue weighted by molar-refractivity contribution is 6.25. The number of carbonyl (C=O) groups is 3. The molecule has 210 valence electrons. The lowest BCUT2D eigenvalue weighted by atomic mass is 9.54. The number of halogens is 2. The van der Waals surface area contributed by atoms with Crippen LogP contribution in [0, 0.1) is 23.5 Å². The van der Waals surface area contributed by atoms with Gasteiger partial charge < -0.3 is 31.3 Å². The quantitative estimate of drug-likeness (QED) is 0.301. The number of rotatable bonds is 4. The maximum Gasteiger partial charge on any atom is 0.255 e. The van der Waals surface area contributed by atoms with E-state index in [1.54, 1.807) is 0 Å². The third-order valence-electron chi connectivity index (χ3n) is 8.25. The molecule has 6 atom stereocenters. The second kappa shape index (κ2) is 9.22. The zero-order chi connectivity index (χ0) is 29.4. The number of benzene rings is 2. The molecule has 2 aromatic carbocycles. The van der Waals surface area contributed by atoms with Crippen LogP contribution >= 0.6 is 0 Å². The van der Waals surface area contributed by atoms with Crippen molar-refractivity contribution in [3.63, 3.8) is 0 Å². The highest BCUT2D eigenvalue weighted by atomic mass is 19.1. The Bertz CT molecular complexity index is 1550. The topological polar surface area (TPSA) is 182 Å². The molecule has 0 fully saturated rings. The van der Waals surface area contributed by atoms with Crippen LogP contribution in [0.15, 0.2) is 59.1 Å². The summed E-state index contributed by atoms with van der Waals surface area (Å²) in [5.74, 6) is -12.4. The van der Waals surface area contributed by atoms with Crippen LogP contribution < -0.4 is 5.73 Å². The van der Waals surface area contributed by atoms with Gasteiger partial charge in [0.25, 0.3) is 5.91 Å². The molecular weight excluding hydrogens is 530 g/mol. The van der Waals surface area contributed by atoms with E-state index >= 15 is 0 Å². The van der Waals surface area contributed by atoms with Crippen molar-refractivity contribution in [1.29, 1.82) is 0 Å². The third-order valence-corrected chi connectivity index (χ3v) is 8.25. The molecule has 1 amide bonds. The minimum Gasteiger partial charge on any atom is -0.510 e. The minimum atomic E-state index is -3.07. The number of amides is 1. The summed E-state index contributed by atoms with van der Waals surface area (Å²) in [6, 6.07) is 5.52. The molecule has 7 N–H and O–H groups in total. The van der Waals surface area contributed by atoms with Crippen molar-refractivity contribution in [1.82, 2.24) is 4.90 Å². The molecule has 12 heteroatoms. The largest absolute Gasteiger partial charge is 0.510 e. The van der Waals surface area contributed by atoms with Gasteiger partial charge in [-0.25, -0.2) is 8.78 Å². The fourth-order valence-corrected chi connectivity index (χ4v) is 6.57. The first kappa shape index (κ1) is 27.4. The first-order valence-corrected chi connectivity index (χ1v) is 12.3. The van der Waals surface area contributed by atoms with Gasteiger partial charge in [0.15, 0.2) is 11.4 Å². The van der Waals surface area contributed by atoms with Crippen LogP contribution in [0.4, 0.5) is 8.78 Å². The predicted octanol–water partition coefficient (Wildman–Crippen LogP) is 1.15. The van der Waals surface area contributed by atoms with Crippen molar-refractivity contribution < 1.29 is 48.7 Å². The van der Waals surface area contributed by atoms with Crippen LogP contribution in [0.1, 0.15) is 27.4 Å². The predicted molar refractivity (Wildman–Crippen MR) is 134 cm³/mol. The van der Waals surface area contributed by atoms with Crippen LogP contribution in [0.5, 0.6) is 5.75 Å². The van der Waals surface area contributed by atoms with Gasteiger partial charge in [0.2, 0.25) is 5.78 Å². The number of nitrogens with zero attached hydrogens (tertiary/aromatic N) is 1. The van der Waals surface area contributed by atoms with E-state index in [1.165, 1.54) is 43.3 Å². The maximum atomic E-state index is 14.8. The molecule has 3 aliphatic rings. The summed E-state index contributed by atoms with van der Waals surface area (Å²) < 4.78 is 28.4. The number of aliphatic hydroxyl groups is 4. The number of hydrogen-bond acceptors (Lipinski definition) is 9. The van der Waals surface area contributed by atoms with Crippen LogP contribution in [0.25, 0.3) is 0 Å². The van der Waals surface area contributed by atoms with E-state index in [0.29, 0.717) is 6.07 Å². The van der Waals surface area contributed by atoms with Crippen molar-refractivity contribution in [2.75, 3.05) is 14.1 Å². The molecule has 0 spiro atoms. The van der Waals surface area contributed by atoms with Gasteiger partial charge in [-0.2, -0.15) is 0 Å². The van der Waals surface area contributed by atoms with Crippen LogP contribution in [0.2, 0.25) is 0 Å². The minimum absolute atomic E-state index is 0.00967. The zero-order valence-electron chi connectivity index (χ0n) is 21.3. The smallest absolute Gasteiger partial charge is 0.255 e. The molecule has 0 heterocycles. The van der Waals surface area contributed by atoms with Gasteiger partial charge in [-0.15, -0.1) is 0 Å². The number of primary amides is 1. The summed E-state index contributed by atoms with van der Waals surface area (Å²) >= 11 is 0. The number of carbonyl (C=O) groups excluding carboxylic acids is 3. The molecule has 3 aliphatic carbocycles. The van der Waals surface area contributed by atoms with Crippen molar-refractivity contribution >= 4 is 17.5 Å². The van der Waals surface area contributed by atoms with Gasteiger partial charge in [-0.05, 0) is 49.7 Å². The van der Waals surface area contributed by atoms with Crippen molar-refractivity contribution in [2.24, 2.45) is 17.6 Å². The normalized spacial score (nSPS) is 29.8. The molecule has 10 nitrogen and oxygen atoms in total. The van der Waals surface area contributed by atoms with Gasteiger partial charge >= 0.3 is 0 Å². The van der Waals surface area contributed by atoms with Gasteiger partial charge in [0.1, 0.15) is 34.5 Å². The van der Waals surface area contributed by atoms with Crippen molar-refractivity contribution in [2.45, 2.75) is 30.1 Å². The summed E-state index contributed by atoms with van der Waals surface area (Å²) in [4.78, 5) is 40.7. The van der Waals surface area contributed by atoms with Crippen LogP contribution in [0.3, 0.4) is 0 Å². The Kier molecular flexibility index (Phi) is 6.32. The molecule has 0 aromatic heterocycles. The molecule has 2 aromatic rings. The lowest BCUT2D eigenvalue weighted by Crippen LogP contribution is -2.68. The maximum absolute atomic E-state index is 14.8. The number of nitrogens with two attached hydrogens (primary N) is 1. The molecule has 40 heavy (non-hydrogen) atoms. The highest BCUT2D eigenvalue weighted by Crippen LogP contribution is 2.56. The SMILES string of the molecule is CN(C)C1C(O)=C(C(N)=O)C(=O)C2(O)C(O)=C3C(=O)c4c(O)cccc4C(Cc4ccc(F)cc4F)C3C(O)C12. The molecule has 0 aliphatic heterocycles. The zero-order valence-corrected chi connectivity index (χ0v) is 21.3. The number of aromatic hydroxyl groups is 1. The summed E-state index contributed by atoms with van der Waals surface area (Å²) in [7, 11) is 2.84. The number of phenolic OH excluding ortho intramolecular Hbond substituents is 1. The Morgan fingerprint density at radius 1 is 1.10 bits per heavy atom. The number of hydrogen-bond donors (Lipinski definition) is 6. The fourth-order valence-electron chi connectivity index (χ4n) is 6.57. The van der Waals surface area contributed by atoms with Gasteiger partial charge in [-0.3, -0.25) is 19.3 Å². The van der Waals surface area contributed by atoms with E-state index in [2.05, 4.69) is 0 Å². The average Bonchev–Trinajstić information content (AvgIpc) is 2.86. The standard InChI is InChI=1S/C28H26F2N2O8/c1-32(2)21-20-23(35)17-13(8-10-6-7-11(29)9-14(10)30)12-4-3-5-15(33)16(12)22(34)18(17)25(37)28(20,40)26(38)19(24(21)36)27(31)39/h3-7,9,13,17,20-21,23,33,35-37,40H,8H2,1-2H3,(H2,31,39). The molecule has 0 saturated heterocycles. The van der Waals surface area contributed by atoms with E-state index in [9.17, 15) is 48.7 Å². The summed E-state index contributed by atoms with van der Waals surface area (Å²) in [6.07, 6.45) is -2.11. The van der Waals surface area contributed by atoms with E-state index in [-0.39, 0.29) is 23.1 Å². The molecule has 0 bridgehead atoms. The Labute approximate surface area is 226 Å². The number of fused-ring (bicyclic) bond motifs is 3. The Balaban J connectivity index is 1.81. The second-order valence-electron chi connectivity index (χ2n) is 10.5. The van der Waals surface area contributed by atoms with E-state index < -0.39 is 93.0 Å². The van der Waals surface area contributed by atoms with Gasteiger partial charge in [0.05, 0.1) is 23.6 Å². The Hall–Kier alpha value is -4.13. The number of aliphatic hydroxyl groups excluding tert-OH is 3. The van der Waals surface area contributed by atoms with Crippen molar-refractivity contribution in [3.05, 3.63) is 87.4 Å². The third kappa shape index (κ3) is 3.60. The number of phenols is 1. The van der Waals surface area contributed by atoms with E-state index in [0.717, 1.165) is 6.07 Å². The van der Waals surface area contributed by atoms with Gasteiger partial charge in [-0.1, -0.05) is 18.2 Å². The molecule has 0 saturated carbocycles. The van der Waals surface area contributed by atoms with Crippen LogP contribution in [-0.2, 0) is 16.0 Å². The lowest BCUT2D eigenvalue weighted by molar-refractivity contribution is -0.162. The fraction of sp³-hybridized carbons (Fsp3) is 0.321. The molecule has 5 rings (SSSR count). The first-order chi connectivity index (χ1) is 18.7. The number of ketones is 2. The average molecular weight is 557 g/mol. The second-order valence-corrected chi connectivity index (χ2v) is 10.5. The summed E-state index contributed by atoms with van der Waals surface area (Å²) in [5.41, 5.74) is 0.487. The summed E-state index contributed by atoms with van der Waals surface area (Å²) in [6.45, 7) is 0. The summed E-state index contributed by atoms with van der Waals surface area (Å²) in [5, 5.41) is 56.6. The molecular formula is C28H26F2N2O8. The number of likely N-dealkylation sites (N-methyl/N-ethyl adjacent to an activating group) is 1. The van der Waals surface area contributed by atoms with Gasteiger partial charge in [0, 0.05) is 17.6 Å². The van der Waals surface area contributed by atoms with E-state index in [4.69, 9.17) is 5.73 Å². The molecule has 0 radical (unpaired) electrons. The lowest BCUT2D eigenvalue weighted by Gasteiger charge is -2.53. The Morgan fingerprint density at radius 2 is 1.77 bits per heavy atom. The monoisotopic (exact) mass is 556 g/mol. The molecule has 6 unspecified atom stereocenters. The number of Topliss-reactive ketones (excluding diaryl/α,β-unsaturated/α-hetero) is 2. The highest BCUT2D eigenvalue weighted by Gasteiger charge is 2.67. The Morgan fingerprint density at radius 3 is 2.38 bits per heavy atom.